The average molecular weight is 394 g/mol. The molecule has 29 heavy (non-hydrogen) atoms. The number of aromatic nitrogens is 1. The molecule has 1 heterocycles. The Morgan fingerprint density at radius 3 is 2.59 bits per heavy atom. The van der Waals surface area contributed by atoms with Crippen molar-refractivity contribution >= 4 is 34.9 Å². The van der Waals surface area contributed by atoms with E-state index in [-0.39, 0.29) is 23.6 Å². The molecule has 0 bridgehead atoms. The lowest BCUT2D eigenvalue weighted by Gasteiger charge is -2.06. The Morgan fingerprint density at radius 1 is 1.14 bits per heavy atom. The topological polar surface area (TPSA) is 88.5 Å². The molecule has 0 unspecified atom stereocenters. The van der Waals surface area contributed by atoms with Crippen molar-refractivity contribution in [3.63, 3.8) is 0 Å². The maximum Gasteiger partial charge on any atom is 0.336 e. The third-order valence-electron chi connectivity index (χ3n) is 4.09. The number of fused-ring (bicyclic) bond motifs is 1. The van der Waals surface area contributed by atoms with Crippen LogP contribution < -0.4 is 10.1 Å². The fraction of sp³-hybridized carbons (Fsp3) is 0.136. The SMILES string of the molecule is CCNC(=O)COc1ccc(/C=C/c2cc(C(=O)O)c3ccc(F)cc3n2)cc1. The second-order valence-electron chi connectivity index (χ2n) is 6.21. The summed E-state index contributed by atoms with van der Waals surface area (Å²) < 4.78 is 18.9. The van der Waals surface area contributed by atoms with Crippen molar-refractivity contribution in [1.82, 2.24) is 10.3 Å². The monoisotopic (exact) mass is 394 g/mol. The summed E-state index contributed by atoms with van der Waals surface area (Å²) in [7, 11) is 0. The lowest BCUT2D eigenvalue weighted by Crippen LogP contribution is -2.28. The molecule has 0 saturated heterocycles. The summed E-state index contributed by atoms with van der Waals surface area (Å²) >= 11 is 0. The van der Waals surface area contributed by atoms with Gasteiger partial charge in [0.25, 0.3) is 5.91 Å². The van der Waals surface area contributed by atoms with Crippen molar-refractivity contribution < 1.29 is 23.8 Å². The number of benzene rings is 2. The number of likely N-dealkylation sites (N-methyl/N-ethyl adjacent to an activating group) is 1. The van der Waals surface area contributed by atoms with Gasteiger partial charge in [-0.2, -0.15) is 0 Å². The molecule has 0 atom stereocenters. The molecule has 3 aromatic rings. The first kappa shape index (κ1) is 20.0. The predicted octanol–water partition coefficient (Wildman–Crippen LogP) is 3.76. The van der Waals surface area contributed by atoms with Gasteiger partial charge in [0.05, 0.1) is 16.8 Å². The molecule has 2 aromatic carbocycles. The highest BCUT2D eigenvalue weighted by Gasteiger charge is 2.11. The third-order valence-corrected chi connectivity index (χ3v) is 4.09. The van der Waals surface area contributed by atoms with Gasteiger partial charge in [-0.15, -0.1) is 0 Å². The average Bonchev–Trinajstić information content (AvgIpc) is 2.70. The summed E-state index contributed by atoms with van der Waals surface area (Å²) in [4.78, 5) is 27.3. The molecule has 148 valence electrons. The fourth-order valence-electron chi connectivity index (χ4n) is 2.74. The molecule has 0 radical (unpaired) electrons. The number of aromatic carboxylic acids is 1. The number of carbonyl (C=O) groups excluding carboxylic acids is 1. The Hall–Kier alpha value is -3.74. The van der Waals surface area contributed by atoms with E-state index in [4.69, 9.17) is 4.74 Å². The molecule has 0 aliphatic rings. The largest absolute Gasteiger partial charge is 0.484 e. The van der Waals surface area contributed by atoms with Crippen LogP contribution in [0.15, 0.2) is 48.5 Å². The molecule has 1 amide bonds. The maximum atomic E-state index is 13.5. The number of carbonyl (C=O) groups is 2. The molecule has 3 rings (SSSR count). The molecule has 0 spiro atoms. The van der Waals surface area contributed by atoms with Crippen LogP contribution in [-0.2, 0) is 4.79 Å². The molecule has 7 heteroatoms. The van der Waals surface area contributed by atoms with Crippen molar-refractivity contribution in [3.05, 3.63) is 71.2 Å². The van der Waals surface area contributed by atoms with E-state index in [1.807, 2.05) is 6.92 Å². The number of hydrogen-bond acceptors (Lipinski definition) is 4. The second kappa shape index (κ2) is 8.97. The van der Waals surface area contributed by atoms with Crippen LogP contribution in [0.3, 0.4) is 0 Å². The quantitative estimate of drug-likeness (QED) is 0.637. The zero-order valence-electron chi connectivity index (χ0n) is 15.7. The van der Waals surface area contributed by atoms with Gasteiger partial charge in [-0.25, -0.2) is 14.2 Å². The smallest absolute Gasteiger partial charge is 0.336 e. The van der Waals surface area contributed by atoms with Gasteiger partial charge < -0.3 is 15.2 Å². The number of ether oxygens (including phenoxy) is 1. The van der Waals surface area contributed by atoms with Gasteiger partial charge in [-0.05, 0) is 48.9 Å². The molecular weight excluding hydrogens is 375 g/mol. The second-order valence-corrected chi connectivity index (χ2v) is 6.21. The highest BCUT2D eigenvalue weighted by Crippen LogP contribution is 2.21. The lowest BCUT2D eigenvalue weighted by molar-refractivity contribution is -0.122. The first-order chi connectivity index (χ1) is 14.0. The van der Waals surface area contributed by atoms with E-state index in [9.17, 15) is 19.1 Å². The van der Waals surface area contributed by atoms with Crippen LogP contribution in [0.5, 0.6) is 5.75 Å². The normalized spacial score (nSPS) is 11.0. The zero-order valence-corrected chi connectivity index (χ0v) is 15.7. The standard InChI is InChI=1S/C22H19FN2O4/c1-2-24-21(26)13-29-17-8-4-14(5-9-17)3-7-16-12-19(22(27)28)18-10-6-15(23)11-20(18)25-16/h3-12H,2,13H2,1H3,(H,24,26)(H,27,28)/b7-3+. The number of hydrogen-bond donors (Lipinski definition) is 2. The van der Waals surface area contributed by atoms with Crippen LogP contribution in [0.1, 0.15) is 28.5 Å². The number of carboxylic acid groups (broad SMARTS) is 1. The maximum absolute atomic E-state index is 13.5. The molecule has 0 saturated carbocycles. The minimum Gasteiger partial charge on any atom is -0.484 e. The Morgan fingerprint density at radius 2 is 1.90 bits per heavy atom. The van der Waals surface area contributed by atoms with Crippen molar-refractivity contribution in [2.24, 2.45) is 0 Å². The van der Waals surface area contributed by atoms with Crippen molar-refractivity contribution in [2.45, 2.75) is 6.92 Å². The van der Waals surface area contributed by atoms with Crippen LogP contribution in [0.25, 0.3) is 23.1 Å². The van der Waals surface area contributed by atoms with E-state index >= 15 is 0 Å². The molecule has 2 N–H and O–H groups in total. The van der Waals surface area contributed by atoms with Gasteiger partial charge in [0.15, 0.2) is 6.61 Å². The van der Waals surface area contributed by atoms with Crippen molar-refractivity contribution in [1.29, 1.82) is 0 Å². The Bertz CT molecular complexity index is 1080. The summed E-state index contributed by atoms with van der Waals surface area (Å²) in [5, 5.41) is 12.5. The summed E-state index contributed by atoms with van der Waals surface area (Å²) in [5.41, 5.74) is 1.56. The van der Waals surface area contributed by atoms with Gasteiger partial charge in [-0.1, -0.05) is 18.2 Å². The van der Waals surface area contributed by atoms with E-state index in [1.165, 1.54) is 24.3 Å². The number of rotatable bonds is 7. The summed E-state index contributed by atoms with van der Waals surface area (Å²) in [5.74, 6) is -1.22. The predicted molar refractivity (Wildman–Crippen MR) is 108 cm³/mol. The Labute approximate surface area is 166 Å². The van der Waals surface area contributed by atoms with E-state index in [0.717, 1.165) is 5.56 Å². The van der Waals surface area contributed by atoms with Gasteiger partial charge >= 0.3 is 5.97 Å². The van der Waals surface area contributed by atoms with Crippen molar-refractivity contribution in [2.75, 3.05) is 13.2 Å². The number of pyridine rings is 1. The van der Waals surface area contributed by atoms with Crippen molar-refractivity contribution in [3.8, 4) is 5.75 Å². The first-order valence-electron chi connectivity index (χ1n) is 8.97. The Balaban J connectivity index is 1.78. The van der Waals surface area contributed by atoms with E-state index in [0.29, 0.717) is 23.4 Å². The fourth-order valence-corrected chi connectivity index (χ4v) is 2.74. The van der Waals surface area contributed by atoms with E-state index in [2.05, 4.69) is 10.3 Å². The number of halogens is 1. The minimum absolute atomic E-state index is 0.0570. The minimum atomic E-state index is -1.10. The summed E-state index contributed by atoms with van der Waals surface area (Å²) in [6.45, 7) is 2.32. The molecular formula is C22H19FN2O4. The number of nitrogens with one attached hydrogen (secondary N) is 1. The number of amides is 1. The van der Waals surface area contributed by atoms with Gasteiger partial charge in [0.2, 0.25) is 0 Å². The molecule has 0 aliphatic carbocycles. The van der Waals surface area contributed by atoms with Crippen LogP contribution in [-0.4, -0.2) is 35.1 Å². The van der Waals surface area contributed by atoms with Crippen LogP contribution in [0, 0.1) is 5.82 Å². The summed E-state index contributed by atoms with van der Waals surface area (Å²) in [6, 6.07) is 12.3. The van der Waals surface area contributed by atoms with E-state index in [1.54, 1.807) is 36.4 Å². The highest BCUT2D eigenvalue weighted by atomic mass is 19.1. The highest BCUT2D eigenvalue weighted by molar-refractivity contribution is 6.03. The third kappa shape index (κ3) is 5.16. The lowest BCUT2D eigenvalue weighted by atomic mass is 10.1. The van der Waals surface area contributed by atoms with Gasteiger partial charge in [0, 0.05) is 18.0 Å². The van der Waals surface area contributed by atoms with Crippen LogP contribution in [0.2, 0.25) is 0 Å². The zero-order chi connectivity index (χ0) is 20.8. The summed E-state index contributed by atoms with van der Waals surface area (Å²) in [6.07, 6.45) is 3.41. The van der Waals surface area contributed by atoms with Crippen LogP contribution in [0.4, 0.5) is 4.39 Å². The Kier molecular flexibility index (Phi) is 6.19. The molecule has 6 nitrogen and oxygen atoms in total. The number of nitrogens with zero attached hydrogens (tertiary/aromatic N) is 1. The molecule has 0 aliphatic heterocycles. The van der Waals surface area contributed by atoms with Gasteiger partial charge in [0.1, 0.15) is 11.6 Å². The van der Waals surface area contributed by atoms with E-state index < -0.39 is 11.8 Å². The van der Waals surface area contributed by atoms with Crippen LogP contribution >= 0.6 is 0 Å². The molecule has 0 fully saturated rings. The van der Waals surface area contributed by atoms with Gasteiger partial charge in [-0.3, -0.25) is 4.79 Å². The number of carboxylic acids is 1. The molecule has 1 aromatic heterocycles. The first-order valence-corrected chi connectivity index (χ1v) is 8.97.